The summed E-state index contributed by atoms with van der Waals surface area (Å²) in [4.78, 5) is 2.42. The number of hydrogen-bond donors (Lipinski definition) is 1. The first-order chi connectivity index (χ1) is 28.2. The Morgan fingerprint density at radius 3 is 1.93 bits per heavy atom. The van der Waals surface area contributed by atoms with Crippen molar-refractivity contribution in [1.82, 2.24) is 0 Å². The van der Waals surface area contributed by atoms with Crippen molar-refractivity contribution < 1.29 is 0 Å². The lowest BCUT2D eigenvalue weighted by molar-refractivity contribution is 0.655. The molecule has 272 valence electrons. The molecule has 11 rings (SSSR count). The molecule has 2 nitrogen and oxygen atoms in total. The van der Waals surface area contributed by atoms with Gasteiger partial charge in [-0.2, -0.15) is 0 Å². The van der Waals surface area contributed by atoms with Crippen LogP contribution in [0, 0.1) is 0 Å². The molecule has 0 saturated carbocycles. The largest absolute Gasteiger partial charge is 0.355 e. The van der Waals surface area contributed by atoms with E-state index >= 15 is 0 Å². The smallest absolute Gasteiger partial charge is 0.0541 e. The van der Waals surface area contributed by atoms with Crippen molar-refractivity contribution in [2.45, 2.75) is 25.2 Å². The van der Waals surface area contributed by atoms with Gasteiger partial charge in [-0.25, -0.2) is 0 Å². The summed E-state index contributed by atoms with van der Waals surface area (Å²) in [7, 11) is 0. The van der Waals surface area contributed by atoms with Gasteiger partial charge in [0, 0.05) is 65.5 Å². The van der Waals surface area contributed by atoms with Crippen LogP contribution in [0.5, 0.6) is 0 Å². The van der Waals surface area contributed by atoms with Crippen molar-refractivity contribution in [3.8, 4) is 44.5 Å². The van der Waals surface area contributed by atoms with E-state index in [-0.39, 0.29) is 0 Å². The highest BCUT2D eigenvalue weighted by molar-refractivity contribution is 7.26. The number of nitrogens with zero attached hydrogens (tertiary/aromatic N) is 1. The van der Waals surface area contributed by atoms with Crippen LogP contribution in [0.25, 0.3) is 64.7 Å². The van der Waals surface area contributed by atoms with Gasteiger partial charge in [0.25, 0.3) is 0 Å². The minimum absolute atomic E-state index is 0.526. The molecule has 1 aliphatic heterocycles. The fourth-order valence-corrected chi connectivity index (χ4v) is 10.2. The Hall–Kier alpha value is -6.68. The molecular weight excluding hydrogens is 709 g/mol. The van der Waals surface area contributed by atoms with Crippen LogP contribution in [0.2, 0.25) is 0 Å². The van der Waals surface area contributed by atoms with Gasteiger partial charge in [0.15, 0.2) is 0 Å². The number of para-hydroxylation sites is 2. The second kappa shape index (κ2) is 14.1. The molecule has 1 aliphatic carbocycles. The van der Waals surface area contributed by atoms with E-state index in [4.69, 9.17) is 0 Å². The topological polar surface area (TPSA) is 15.3 Å². The number of nitrogens with one attached hydrogen (secondary N) is 1. The first-order valence-electron chi connectivity index (χ1n) is 20.0. The summed E-state index contributed by atoms with van der Waals surface area (Å²) in [5, 5.41) is 6.46. The summed E-state index contributed by atoms with van der Waals surface area (Å²) in [5.41, 5.74) is 16.6. The van der Waals surface area contributed by atoms with Gasteiger partial charge < -0.3 is 10.2 Å². The van der Waals surface area contributed by atoms with Crippen LogP contribution in [0.3, 0.4) is 0 Å². The highest BCUT2D eigenvalue weighted by Gasteiger charge is 2.23. The van der Waals surface area contributed by atoms with E-state index in [9.17, 15) is 0 Å². The van der Waals surface area contributed by atoms with Gasteiger partial charge >= 0.3 is 0 Å². The first kappa shape index (κ1) is 33.6. The standard InChI is InChI=1S/C54H40N2S/c1-3-12-36(13-4-1)38-22-28-42(29-23-38)56(52-33-27-41-34-49(52)46-17-8-10-21-51(46)55-50-20-9-7-16-44(41)50)43-30-24-39(25-31-43)45-18-11-19-48-47-32-26-40(35-53(47)57-54(45)48)37-14-5-2-6-15-37/h1,3-5,7-14,16-35,37,55H,2,6,15H2. The molecule has 57 heavy (non-hydrogen) atoms. The van der Waals surface area contributed by atoms with Crippen molar-refractivity contribution in [3.63, 3.8) is 0 Å². The fourth-order valence-electron chi connectivity index (χ4n) is 8.94. The normalized spacial score (nSPS) is 14.4. The van der Waals surface area contributed by atoms with E-state index in [0.717, 1.165) is 28.4 Å². The Bertz CT molecular complexity index is 2960. The van der Waals surface area contributed by atoms with E-state index < -0.39 is 0 Å². The zero-order valence-electron chi connectivity index (χ0n) is 31.5. The molecule has 0 spiro atoms. The highest BCUT2D eigenvalue weighted by atomic mass is 32.1. The molecule has 9 aromatic rings. The molecule has 2 aliphatic rings. The Morgan fingerprint density at radius 2 is 1.16 bits per heavy atom. The molecule has 3 heteroatoms. The number of allylic oxidation sites excluding steroid dienone is 2. The van der Waals surface area contributed by atoms with Crippen LogP contribution >= 0.6 is 11.3 Å². The maximum Gasteiger partial charge on any atom is 0.0541 e. The third-order valence-corrected chi connectivity index (χ3v) is 13.0. The van der Waals surface area contributed by atoms with Crippen molar-refractivity contribution in [1.29, 1.82) is 0 Å². The first-order valence-corrected chi connectivity index (χ1v) is 20.8. The van der Waals surface area contributed by atoms with Gasteiger partial charge in [-0.15, -0.1) is 11.3 Å². The molecule has 0 saturated heterocycles. The molecule has 1 N–H and O–H groups in total. The predicted octanol–water partition coefficient (Wildman–Crippen LogP) is 16.1. The van der Waals surface area contributed by atoms with Gasteiger partial charge in [-0.05, 0) is 107 Å². The van der Waals surface area contributed by atoms with Gasteiger partial charge in [0.2, 0.25) is 0 Å². The van der Waals surface area contributed by atoms with E-state index in [2.05, 4.69) is 204 Å². The van der Waals surface area contributed by atoms with Gasteiger partial charge in [-0.3, -0.25) is 0 Å². The number of benzene rings is 8. The lowest BCUT2D eigenvalue weighted by Crippen LogP contribution is -2.12. The SMILES string of the molecule is C1=CC(c2ccc3c(c2)sc2c(-c4ccc(N(c5ccc(-c6ccccc6)cc5)c5ccc6cc5-c5ccccc5Nc5ccccc5-6)cc4)cccc23)CCC1. The highest BCUT2D eigenvalue weighted by Crippen LogP contribution is 2.48. The zero-order chi connectivity index (χ0) is 37.7. The van der Waals surface area contributed by atoms with Gasteiger partial charge in [0.05, 0.1) is 5.69 Å². The summed E-state index contributed by atoms with van der Waals surface area (Å²) in [5.74, 6) is 0.526. The average molecular weight is 749 g/mol. The Kier molecular flexibility index (Phi) is 8.33. The quantitative estimate of drug-likeness (QED) is 0.170. The van der Waals surface area contributed by atoms with Gasteiger partial charge in [0.1, 0.15) is 0 Å². The van der Waals surface area contributed by atoms with Gasteiger partial charge in [-0.1, -0.05) is 140 Å². The van der Waals surface area contributed by atoms with Crippen molar-refractivity contribution in [2.24, 2.45) is 0 Å². The molecule has 0 radical (unpaired) electrons. The van der Waals surface area contributed by atoms with E-state index in [1.165, 1.54) is 89.5 Å². The third kappa shape index (κ3) is 6.03. The van der Waals surface area contributed by atoms with Crippen LogP contribution in [0.15, 0.2) is 194 Å². The van der Waals surface area contributed by atoms with E-state index in [1.807, 2.05) is 11.3 Å². The number of thiophene rings is 1. The minimum atomic E-state index is 0.526. The summed E-state index contributed by atoms with van der Waals surface area (Å²) < 4.78 is 2.72. The molecule has 0 fully saturated rings. The van der Waals surface area contributed by atoms with Crippen LogP contribution in [-0.2, 0) is 0 Å². The second-order valence-corrected chi connectivity index (χ2v) is 16.3. The van der Waals surface area contributed by atoms with Crippen molar-refractivity contribution >= 4 is 59.9 Å². The minimum Gasteiger partial charge on any atom is -0.355 e. The molecule has 8 aromatic carbocycles. The second-order valence-electron chi connectivity index (χ2n) is 15.2. The fraction of sp³-hybridized carbons (Fsp3) is 0.0741. The summed E-state index contributed by atoms with van der Waals surface area (Å²) in [6, 6.07) is 67.0. The molecule has 1 aromatic heterocycles. The number of fused-ring (bicyclic) bond motifs is 9. The predicted molar refractivity (Wildman–Crippen MR) is 245 cm³/mol. The molecule has 2 heterocycles. The molecule has 1 unspecified atom stereocenters. The van der Waals surface area contributed by atoms with E-state index in [1.54, 1.807) is 0 Å². The molecule has 0 amide bonds. The van der Waals surface area contributed by atoms with Crippen molar-refractivity contribution in [3.05, 3.63) is 200 Å². The maximum absolute atomic E-state index is 3.78. The molecular formula is C54H40N2S. The molecule has 1 atom stereocenters. The van der Waals surface area contributed by atoms with Crippen LogP contribution < -0.4 is 10.2 Å². The Balaban J connectivity index is 1.04. The van der Waals surface area contributed by atoms with Crippen LogP contribution in [-0.4, -0.2) is 0 Å². The summed E-state index contributed by atoms with van der Waals surface area (Å²) >= 11 is 1.93. The third-order valence-electron chi connectivity index (χ3n) is 11.8. The zero-order valence-corrected chi connectivity index (χ0v) is 32.3. The van der Waals surface area contributed by atoms with Crippen molar-refractivity contribution in [2.75, 3.05) is 10.2 Å². The lowest BCUT2D eigenvalue weighted by Gasteiger charge is -2.30. The van der Waals surface area contributed by atoms with E-state index in [0.29, 0.717) is 5.92 Å². The number of rotatable bonds is 6. The lowest BCUT2D eigenvalue weighted by atomic mass is 9.89. The number of hydrogen-bond acceptors (Lipinski definition) is 3. The summed E-state index contributed by atoms with van der Waals surface area (Å²) in [6.07, 6.45) is 8.48. The van der Waals surface area contributed by atoms with Crippen LogP contribution in [0.1, 0.15) is 30.7 Å². The Labute approximate surface area is 338 Å². The Morgan fingerprint density at radius 1 is 0.491 bits per heavy atom. The van der Waals surface area contributed by atoms with Crippen LogP contribution in [0.4, 0.5) is 28.4 Å². The number of anilines is 5. The average Bonchev–Trinajstić information content (AvgIpc) is 3.66. The molecule has 2 bridgehead atoms. The summed E-state index contributed by atoms with van der Waals surface area (Å²) in [6.45, 7) is 0. The maximum atomic E-state index is 3.78. The monoisotopic (exact) mass is 748 g/mol.